The van der Waals surface area contributed by atoms with Crippen LogP contribution in [-0.2, 0) is 6.37 Å². The third-order valence-electron chi connectivity index (χ3n) is 1.49. The van der Waals surface area contributed by atoms with Gasteiger partial charge >= 0.3 is 0 Å². The van der Waals surface area contributed by atoms with Crippen LogP contribution in [0.25, 0.3) is 0 Å². The van der Waals surface area contributed by atoms with Gasteiger partial charge in [0, 0.05) is 9.11 Å². The molecule has 0 bridgehead atoms. The predicted octanol–water partition coefficient (Wildman–Crippen LogP) is 3.29. The lowest BCUT2D eigenvalue weighted by Crippen LogP contribution is -2.15. The zero-order valence-electron chi connectivity index (χ0n) is 9.69. The lowest BCUT2D eigenvalue weighted by molar-refractivity contribution is 0.217. The number of aryl methyl sites for hydroxylation is 1. The topological polar surface area (TPSA) is 0 Å². The SMILES string of the molecule is [2H]C([2H])(c1ccc(C)cc1)C(C)(C)F. The van der Waals surface area contributed by atoms with Crippen LogP contribution < -0.4 is 0 Å². The minimum Gasteiger partial charge on any atom is -0.244 e. The number of benzene rings is 1. The minimum atomic E-state index is -1.94. The molecule has 0 amide bonds. The summed E-state index contributed by atoms with van der Waals surface area (Å²) in [6.07, 6.45) is -1.94. The number of halogens is 1. The van der Waals surface area contributed by atoms with Crippen molar-refractivity contribution in [3.63, 3.8) is 0 Å². The molecule has 0 heterocycles. The zero-order valence-corrected chi connectivity index (χ0v) is 7.69. The molecule has 66 valence electrons. The number of rotatable bonds is 2. The van der Waals surface area contributed by atoms with Crippen molar-refractivity contribution in [3.8, 4) is 0 Å². The van der Waals surface area contributed by atoms with Crippen molar-refractivity contribution in [3.05, 3.63) is 35.4 Å². The van der Waals surface area contributed by atoms with E-state index < -0.39 is 12.0 Å². The Labute approximate surface area is 76.2 Å². The van der Waals surface area contributed by atoms with E-state index in [1.165, 1.54) is 13.8 Å². The average molecular weight is 168 g/mol. The molecule has 1 aromatic carbocycles. The van der Waals surface area contributed by atoms with Crippen molar-refractivity contribution in [2.45, 2.75) is 32.8 Å². The van der Waals surface area contributed by atoms with Crippen molar-refractivity contribution in [2.75, 3.05) is 0 Å². The second-order valence-electron chi connectivity index (χ2n) is 3.46. The largest absolute Gasteiger partial charge is 0.244 e. The van der Waals surface area contributed by atoms with Gasteiger partial charge in [0.05, 0.1) is 0 Å². The highest BCUT2D eigenvalue weighted by Crippen LogP contribution is 2.16. The summed E-state index contributed by atoms with van der Waals surface area (Å²) in [4.78, 5) is 0. The molecule has 0 aromatic heterocycles. The average Bonchev–Trinajstić information content (AvgIpc) is 2.03. The standard InChI is InChI=1S/C11H15F/c1-9-4-6-10(7-5-9)8-11(2,3)12/h4-7H,8H2,1-3H3/i8D2. The Morgan fingerprint density at radius 1 is 1.33 bits per heavy atom. The van der Waals surface area contributed by atoms with Gasteiger partial charge in [0.2, 0.25) is 0 Å². The maximum absolute atomic E-state index is 13.6. The smallest absolute Gasteiger partial charge is 0.109 e. The fourth-order valence-corrected chi connectivity index (χ4v) is 0.980. The van der Waals surface area contributed by atoms with Crippen molar-refractivity contribution in [1.29, 1.82) is 0 Å². The molecule has 12 heavy (non-hydrogen) atoms. The molecule has 0 saturated heterocycles. The maximum atomic E-state index is 13.6. The molecular weight excluding hydrogens is 151 g/mol. The van der Waals surface area contributed by atoms with Gasteiger partial charge in [0.1, 0.15) is 5.67 Å². The van der Waals surface area contributed by atoms with Gasteiger partial charge < -0.3 is 0 Å². The summed E-state index contributed by atoms with van der Waals surface area (Å²) in [7, 11) is 0. The van der Waals surface area contributed by atoms with Gasteiger partial charge in [-0.15, -0.1) is 0 Å². The molecule has 1 aromatic rings. The molecule has 0 saturated carbocycles. The number of hydrogen-bond acceptors (Lipinski definition) is 0. The summed E-state index contributed by atoms with van der Waals surface area (Å²) < 4.78 is 28.9. The van der Waals surface area contributed by atoms with Crippen molar-refractivity contribution < 1.29 is 7.13 Å². The van der Waals surface area contributed by atoms with Crippen LogP contribution in [-0.4, -0.2) is 5.67 Å². The van der Waals surface area contributed by atoms with Crippen LogP contribution in [0.1, 0.15) is 27.7 Å². The van der Waals surface area contributed by atoms with Crippen LogP contribution in [0.15, 0.2) is 24.3 Å². The van der Waals surface area contributed by atoms with Crippen molar-refractivity contribution in [2.24, 2.45) is 0 Å². The Hall–Kier alpha value is -0.850. The van der Waals surface area contributed by atoms with Crippen LogP contribution in [0.4, 0.5) is 4.39 Å². The van der Waals surface area contributed by atoms with E-state index in [1.807, 2.05) is 6.92 Å². The lowest BCUT2D eigenvalue weighted by Gasteiger charge is -2.13. The third kappa shape index (κ3) is 3.04. The van der Waals surface area contributed by atoms with Crippen molar-refractivity contribution in [1.82, 2.24) is 0 Å². The maximum Gasteiger partial charge on any atom is 0.109 e. The summed E-state index contributed by atoms with van der Waals surface area (Å²) in [6, 6.07) is 6.85. The summed E-state index contributed by atoms with van der Waals surface area (Å²) in [5, 5.41) is 0. The number of hydrogen-bond donors (Lipinski definition) is 0. The Balaban J connectivity index is 3.10. The normalized spacial score (nSPS) is 15.3. The molecule has 0 aliphatic carbocycles. The van der Waals surface area contributed by atoms with E-state index in [0.717, 1.165) is 5.56 Å². The molecule has 0 spiro atoms. The second-order valence-corrected chi connectivity index (χ2v) is 3.46. The van der Waals surface area contributed by atoms with E-state index in [9.17, 15) is 4.39 Å². The monoisotopic (exact) mass is 168 g/mol. The lowest BCUT2D eigenvalue weighted by atomic mass is 10.00. The molecule has 1 heteroatoms. The Morgan fingerprint density at radius 3 is 2.25 bits per heavy atom. The molecule has 1 rings (SSSR count). The molecule has 0 radical (unpaired) electrons. The van der Waals surface area contributed by atoms with E-state index in [-0.39, 0.29) is 0 Å². The summed E-state index contributed by atoms with van der Waals surface area (Å²) >= 11 is 0. The van der Waals surface area contributed by atoms with Gasteiger partial charge in [-0.2, -0.15) is 0 Å². The Bertz CT molecular complexity index is 309. The second kappa shape index (κ2) is 3.26. The molecule has 0 N–H and O–H groups in total. The van der Waals surface area contributed by atoms with Crippen LogP contribution >= 0.6 is 0 Å². The van der Waals surface area contributed by atoms with Crippen LogP contribution in [0.3, 0.4) is 0 Å². The van der Waals surface area contributed by atoms with E-state index in [2.05, 4.69) is 0 Å². The van der Waals surface area contributed by atoms with Crippen LogP contribution in [0.2, 0.25) is 0 Å². The van der Waals surface area contributed by atoms with Gasteiger partial charge in [-0.05, 0) is 26.3 Å². The minimum absolute atomic E-state index is 0.385. The highest BCUT2D eigenvalue weighted by Gasteiger charge is 2.15. The fraction of sp³-hybridized carbons (Fsp3) is 0.455. The fourth-order valence-electron chi connectivity index (χ4n) is 0.980. The molecular formula is C11H15F. The van der Waals surface area contributed by atoms with Gasteiger partial charge in [0.15, 0.2) is 0 Å². The van der Waals surface area contributed by atoms with E-state index in [4.69, 9.17) is 2.74 Å². The summed E-state index contributed by atoms with van der Waals surface area (Å²) in [5.74, 6) is 0. The first-order chi connectivity index (χ1) is 6.25. The van der Waals surface area contributed by atoms with Gasteiger partial charge in [-0.25, -0.2) is 4.39 Å². The first-order valence-corrected chi connectivity index (χ1v) is 4.01. The highest BCUT2D eigenvalue weighted by molar-refractivity contribution is 5.22. The molecule has 0 aliphatic heterocycles. The molecule has 0 atom stereocenters. The molecule has 0 unspecified atom stereocenters. The first-order valence-electron chi connectivity index (χ1n) is 5.01. The van der Waals surface area contributed by atoms with Crippen LogP contribution in [0.5, 0.6) is 0 Å². The quantitative estimate of drug-likeness (QED) is 0.635. The Morgan fingerprint density at radius 2 is 1.83 bits per heavy atom. The predicted molar refractivity (Wildman–Crippen MR) is 50.1 cm³/mol. The van der Waals surface area contributed by atoms with Gasteiger partial charge in [-0.3, -0.25) is 0 Å². The van der Waals surface area contributed by atoms with Gasteiger partial charge in [-0.1, -0.05) is 29.8 Å². The Kier molecular flexibility index (Phi) is 1.80. The molecule has 0 nitrogen and oxygen atoms in total. The van der Waals surface area contributed by atoms with E-state index in [1.54, 1.807) is 24.3 Å². The molecule has 0 fully saturated rings. The first kappa shape index (κ1) is 6.64. The van der Waals surface area contributed by atoms with Gasteiger partial charge in [0.25, 0.3) is 0 Å². The molecule has 0 aliphatic rings. The van der Waals surface area contributed by atoms with E-state index in [0.29, 0.717) is 5.56 Å². The number of alkyl halides is 1. The summed E-state index contributed by atoms with van der Waals surface area (Å²) in [5.41, 5.74) is -0.445. The van der Waals surface area contributed by atoms with Crippen molar-refractivity contribution >= 4 is 0 Å². The zero-order chi connectivity index (χ0) is 11.0. The van der Waals surface area contributed by atoms with Crippen LogP contribution in [0, 0.1) is 6.92 Å². The highest BCUT2D eigenvalue weighted by atomic mass is 19.1. The van der Waals surface area contributed by atoms with E-state index >= 15 is 0 Å². The summed E-state index contributed by atoms with van der Waals surface area (Å²) in [6.45, 7) is 4.43. The third-order valence-corrected chi connectivity index (χ3v) is 1.49.